The number of carbonyl (C=O) groups excluding carboxylic acids is 1. The summed E-state index contributed by atoms with van der Waals surface area (Å²) in [4.78, 5) is 28.5. The van der Waals surface area contributed by atoms with E-state index in [1.807, 2.05) is 30.3 Å². The second-order valence-corrected chi connectivity index (χ2v) is 8.22. The Morgan fingerprint density at radius 3 is 2.63 bits per heavy atom. The van der Waals surface area contributed by atoms with Gasteiger partial charge in [0.25, 0.3) is 0 Å². The highest BCUT2D eigenvalue weighted by molar-refractivity contribution is 8.00. The molecule has 1 amide bonds. The number of carbonyl (C=O) groups is 1. The van der Waals surface area contributed by atoms with Gasteiger partial charge in [0.15, 0.2) is 0 Å². The summed E-state index contributed by atoms with van der Waals surface area (Å²) in [5, 5.41) is 0. The van der Waals surface area contributed by atoms with Crippen molar-refractivity contribution in [2.45, 2.75) is 41.1 Å². The molecule has 8 heteroatoms. The normalized spacial score (nSPS) is 24.4. The van der Waals surface area contributed by atoms with Crippen LogP contribution in [0.1, 0.15) is 24.1 Å². The van der Waals surface area contributed by atoms with E-state index >= 15 is 0 Å². The van der Waals surface area contributed by atoms with Crippen molar-refractivity contribution in [1.29, 1.82) is 0 Å². The molecule has 1 fully saturated rings. The molecule has 0 saturated carbocycles. The first kappa shape index (κ1) is 18.2. The van der Waals surface area contributed by atoms with Crippen LogP contribution in [0.3, 0.4) is 0 Å². The lowest BCUT2D eigenvalue weighted by Crippen LogP contribution is -2.50. The van der Waals surface area contributed by atoms with Crippen molar-refractivity contribution < 1.29 is 18.0 Å². The number of aryl methyl sites for hydroxylation is 1. The van der Waals surface area contributed by atoms with Gasteiger partial charge in [-0.1, -0.05) is 24.3 Å². The first-order valence-corrected chi connectivity index (χ1v) is 9.47. The van der Waals surface area contributed by atoms with Gasteiger partial charge < -0.3 is 9.88 Å². The lowest BCUT2D eigenvalue weighted by Gasteiger charge is -2.42. The zero-order chi connectivity index (χ0) is 19.2. The van der Waals surface area contributed by atoms with Crippen molar-refractivity contribution >= 4 is 17.7 Å². The van der Waals surface area contributed by atoms with Crippen molar-refractivity contribution in [2.75, 3.05) is 6.54 Å². The number of pyridine rings is 1. The molecule has 1 aromatic carbocycles. The highest BCUT2D eigenvalue weighted by Crippen LogP contribution is 2.56. The average molecular weight is 394 g/mol. The summed E-state index contributed by atoms with van der Waals surface area (Å²) in [5.74, 6) is -1.78. The number of rotatable bonds is 2. The predicted octanol–water partition coefficient (Wildman–Crippen LogP) is 3.47. The minimum atomic E-state index is -4.89. The van der Waals surface area contributed by atoms with Gasteiger partial charge in [-0.2, -0.15) is 13.2 Å². The third kappa shape index (κ3) is 3.05. The highest BCUT2D eigenvalue weighted by Gasteiger charge is 2.57. The summed E-state index contributed by atoms with van der Waals surface area (Å²) in [5.41, 5.74) is 1.35. The molecule has 2 heterocycles. The maximum Gasteiger partial charge on any atom is 0.471 e. The maximum atomic E-state index is 13.1. The van der Waals surface area contributed by atoms with E-state index in [4.69, 9.17) is 0 Å². The number of aromatic nitrogens is 1. The van der Waals surface area contributed by atoms with Crippen molar-refractivity contribution in [1.82, 2.24) is 9.88 Å². The molecular formula is C19H17F3N2O2S. The number of hydrogen-bond donors (Lipinski definition) is 1. The number of halogens is 3. The molecule has 1 aromatic heterocycles. The van der Waals surface area contributed by atoms with E-state index in [9.17, 15) is 22.8 Å². The summed E-state index contributed by atoms with van der Waals surface area (Å²) in [7, 11) is 0. The summed E-state index contributed by atoms with van der Waals surface area (Å²) in [6.45, 7) is 0.0431. The molecule has 1 N–H and O–H groups in total. The fraction of sp³-hybridized carbons (Fsp3) is 0.368. The molecule has 2 atom stereocenters. The third-order valence-corrected chi connectivity index (χ3v) is 6.88. The molecule has 0 radical (unpaired) electrons. The molecule has 4 nitrogen and oxygen atoms in total. The average Bonchev–Trinajstić information content (AvgIpc) is 3.00. The van der Waals surface area contributed by atoms with Crippen molar-refractivity contribution in [2.24, 2.45) is 0 Å². The van der Waals surface area contributed by atoms with Crippen LogP contribution in [0.2, 0.25) is 0 Å². The monoisotopic (exact) mass is 394 g/mol. The molecule has 2 unspecified atom stereocenters. The van der Waals surface area contributed by atoms with Crippen LogP contribution in [0.15, 0.2) is 52.2 Å². The predicted molar refractivity (Wildman–Crippen MR) is 95.5 cm³/mol. The van der Waals surface area contributed by atoms with Gasteiger partial charge in [0.1, 0.15) is 0 Å². The fourth-order valence-corrected chi connectivity index (χ4v) is 5.82. The van der Waals surface area contributed by atoms with Gasteiger partial charge in [-0.05, 0) is 37.0 Å². The number of nitrogens with one attached hydrogen (secondary N) is 1. The van der Waals surface area contributed by atoms with Crippen molar-refractivity contribution in [3.05, 3.63) is 64.1 Å². The Morgan fingerprint density at radius 1 is 1.19 bits per heavy atom. The number of benzene rings is 1. The topological polar surface area (TPSA) is 53.2 Å². The third-order valence-electron chi connectivity index (χ3n) is 5.31. The summed E-state index contributed by atoms with van der Waals surface area (Å²) < 4.78 is 38.6. The standard InChI is InChI=1S/C19H17F3N2O2S/c20-19(21,22)17(26)24-11-10-18(27-12-4-2-1-3-5-12)13-6-9-16(25)23-14(13)7-8-15(18)24/h1-6,9,15H,7-8,10-11H2,(H,23,25). The van der Waals surface area contributed by atoms with Gasteiger partial charge in [-0.15, -0.1) is 11.8 Å². The van der Waals surface area contributed by atoms with Gasteiger partial charge in [0.05, 0.1) is 10.8 Å². The summed E-state index contributed by atoms with van der Waals surface area (Å²) in [6, 6.07) is 12.0. The van der Waals surface area contributed by atoms with Crippen LogP contribution < -0.4 is 5.56 Å². The van der Waals surface area contributed by atoms with E-state index in [1.54, 1.807) is 6.07 Å². The quantitative estimate of drug-likeness (QED) is 0.849. The number of thioether (sulfide) groups is 1. The minimum absolute atomic E-state index is 0.0431. The van der Waals surface area contributed by atoms with Gasteiger partial charge in [-0.25, -0.2) is 0 Å². The van der Waals surface area contributed by atoms with Crippen LogP contribution in [0.5, 0.6) is 0 Å². The number of hydrogen-bond acceptors (Lipinski definition) is 3. The zero-order valence-corrected chi connectivity index (χ0v) is 15.1. The Hall–Kier alpha value is -2.22. The Balaban J connectivity index is 1.81. The number of amides is 1. The molecule has 142 valence electrons. The van der Waals surface area contributed by atoms with Crippen LogP contribution in [0, 0.1) is 0 Å². The Morgan fingerprint density at radius 2 is 1.93 bits per heavy atom. The molecule has 2 aliphatic rings. The van der Waals surface area contributed by atoms with Crippen molar-refractivity contribution in [3.63, 3.8) is 0 Å². The molecule has 27 heavy (non-hydrogen) atoms. The zero-order valence-electron chi connectivity index (χ0n) is 14.3. The van der Waals surface area contributed by atoms with Crippen LogP contribution in [0.25, 0.3) is 0 Å². The molecule has 0 bridgehead atoms. The summed E-state index contributed by atoms with van der Waals surface area (Å²) >= 11 is 1.48. The van der Waals surface area contributed by atoms with Crippen LogP contribution >= 0.6 is 11.8 Å². The molecule has 1 saturated heterocycles. The Kier molecular flexibility index (Phi) is 4.33. The Labute approximate surface area is 157 Å². The smallest absolute Gasteiger partial charge is 0.330 e. The van der Waals surface area contributed by atoms with Crippen LogP contribution in [-0.2, 0) is 16.0 Å². The van der Waals surface area contributed by atoms with E-state index in [-0.39, 0.29) is 12.1 Å². The maximum absolute atomic E-state index is 13.1. The van der Waals surface area contributed by atoms with Gasteiger partial charge in [-0.3, -0.25) is 9.59 Å². The number of likely N-dealkylation sites (tertiary alicyclic amines) is 1. The van der Waals surface area contributed by atoms with Gasteiger partial charge >= 0.3 is 12.1 Å². The second-order valence-electron chi connectivity index (χ2n) is 6.82. The number of aromatic amines is 1. The van der Waals surface area contributed by atoms with E-state index in [1.165, 1.54) is 17.8 Å². The van der Waals surface area contributed by atoms with E-state index < -0.39 is 22.9 Å². The second kappa shape index (κ2) is 6.44. The lowest BCUT2D eigenvalue weighted by atomic mass is 9.81. The lowest BCUT2D eigenvalue weighted by molar-refractivity contribution is -0.186. The fourth-order valence-electron chi connectivity index (χ4n) is 4.23. The van der Waals surface area contributed by atoms with Crippen molar-refractivity contribution in [3.8, 4) is 0 Å². The Bertz CT molecular complexity index is 929. The molecule has 0 spiro atoms. The van der Waals surface area contributed by atoms with E-state index in [0.29, 0.717) is 19.3 Å². The highest BCUT2D eigenvalue weighted by atomic mass is 32.2. The first-order chi connectivity index (χ1) is 12.8. The number of nitrogens with zero attached hydrogens (tertiary/aromatic N) is 1. The molecule has 4 rings (SSSR count). The van der Waals surface area contributed by atoms with E-state index in [0.717, 1.165) is 21.1 Å². The van der Waals surface area contributed by atoms with E-state index in [2.05, 4.69) is 4.98 Å². The molecule has 1 aliphatic heterocycles. The molecule has 2 aromatic rings. The largest absolute Gasteiger partial charge is 0.471 e. The number of fused-ring (bicyclic) bond motifs is 3. The number of H-pyrrole nitrogens is 1. The van der Waals surface area contributed by atoms with Gasteiger partial charge in [0.2, 0.25) is 5.56 Å². The molecular weight excluding hydrogens is 377 g/mol. The van der Waals surface area contributed by atoms with Crippen LogP contribution in [0.4, 0.5) is 13.2 Å². The van der Waals surface area contributed by atoms with Crippen LogP contribution in [-0.4, -0.2) is 34.6 Å². The SMILES string of the molecule is O=C(N1CCC2(Sc3ccccc3)c3ccc(=O)[nH]c3CCC12)C(F)(F)F. The summed E-state index contributed by atoms with van der Waals surface area (Å²) in [6.07, 6.45) is -3.67. The number of alkyl halides is 3. The first-order valence-electron chi connectivity index (χ1n) is 8.66. The molecule has 1 aliphatic carbocycles. The van der Waals surface area contributed by atoms with Gasteiger partial charge in [0, 0.05) is 23.2 Å². The minimum Gasteiger partial charge on any atom is -0.330 e.